The topological polar surface area (TPSA) is 20.2 Å². The van der Waals surface area contributed by atoms with Crippen molar-refractivity contribution in [3.8, 4) is 0 Å². The second-order valence-electron chi connectivity index (χ2n) is 3.75. The molecule has 0 aromatic heterocycles. The van der Waals surface area contributed by atoms with Gasteiger partial charge < -0.3 is 5.11 Å². The van der Waals surface area contributed by atoms with Crippen LogP contribution in [0.25, 0.3) is 0 Å². The van der Waals surface area contributed by atoms with Crippen LogP contribution in [-0.4, -0.2) is 11.2 Å². The SMILES string of the molecule is O[C@@H]1CCCC2(CC2)C1. The molecular weight excluding hydrogens is 112 g/mol. The highest BCUT2D eigenvalue weighted by molar-refractivity contribution is 4.96. The number of aliphatic hydroxyl groups excluding tert-OH is 1. The molecule has 1 N–H and O–H groups in total. The fourth-order valence-corrected chi connectivity index (χ4v) is 2.05. The van der Waals surface area contributed by atoms with Crippen molar-refractivity contribution < 1.29 is 5.11 Å². The zero-order valence-corrected chi connectivity index (χ0v) is 5.77. The molecule has 2 saturated carbocycles. The lowest BCUT2D eigenvalue weighted by atomic mass is 9.85. The molecular formula is C8H14O. The van der Waals surface area contributed by atoms with Gasteiger partial charge in [0.25, 0.3) is 0 Å². The molecule has 1 nitrogen and oxygen atoms in total. The van der Waals surface area contributed by atoms with Gasteiger partial charge in [0.15, 0.2) is 0 Å². The molecule has 0 saturated heterocycles. The quantitative estimate of drug-likeness (QED) is 0.523. The lowest BCUT2D eigenvalue weighted by Gasteiger charge is -2.24. The Morgan fingerprint density at radius 2 is 2.00 bits per heavy atom. The molecule has 2 rings (SSSR count). The van der Waals surface area contributed by atoms with Crippen LogP contribution in [0.3, 0.4) is 0 Å². The van der Waals surface area contributed by atoms with Crippen LogP contribution in [0, 0.1) is 5.41 Å². The van der Waals surface area contributed by atoms with Crippen LogP contribution < -0.4 is 0 Å². The Labute approximate surface area is 56.1 Å². The third-order valence-corrected chi connectivity index (χ3v) is 2.87. The van der Waals surface area contributed by atoms with E-state index in [9.17, 15) is 5.11 Å². The van der Waals surface area contributed by atoms with Gasteiger partial charge in [0.2, 0.25) is 0 Å². The van der Waals surface area contributed by atoms with Crippen LogP contribution in [-0.2, 0) is 0 Å². The smallest absolute Gasteiger partial charge is 0.0545 e. The van der Waals surface area contributed by atoms with E-state index < -0.39 is 0 Å². The van der Waals surface area contributed by atoms with Crippen molar-refractivity contribution in [3.63, 3.8) is 0 Å². The summed E-state index contributed by atoms with van der Waals surface area (Å²) in [5.41, 5.74) is 0.650. The van der Waals surface area contributed by atoms with Crippen LogP contribution >= 0.6 is 0 Å². The molecule has 2 aliphatic carbocycles. The minimum Gasteiger partial charge on any atom is -0.393 e. The van der Waals surface area contributed by atoms with Gasteiger partial charge in [0.1, 0.15) is 0 Å². The molecule has 1 atom stereocenters. The summed E-state index contributed by atoms with van der Waals surface area (Å²) in [6.07, 6.45) is 7.65. The van der Waals surface area contributed by atoms with Crippen LogP contribution in [0.2, 0.25) is 0 Å². The van der Waals surface area contributed by atoms with Crippen molar-refractivity contribution in [2.75, 3.05) is 0 Å². The Morgan fingerprint density at radius 1 is 1.22 bits per heavy atom. The Kier molecular flexibility index (Phi) is 1.10. The number of hydrogen-bond donors (Lipinski definition) is 1. The first-order valence-corrected chi connectivity index (χ1v) is 3.99. The maximum absolute atomic E-state index is 9.28. The molecule has 1 heteroatoms. The van der Waals surface area contributed by atoms with Gasteiger partial charge in [0, 0.05) is 0 Å². The molecule has 2 fully saturated rings. The van der Waals surface area contributed by atoms with Gasteiger partial charge in [-0.2, -0.15) is 0 Å². The van der Waals surface area contributed by atoms with Crippen LogP contribution in [0.5, 0.6) is 0 Å². The third kappa shape index (κ3) is 0.983. The fourth-order valence-electron chi connectivity index (χ4n) is 2.05. The van der Waals surface area contributed by atoms with E-state index in [0.29, 0.717) is 5.41 Å². The van der Waals surface area contributed by atoms with Crippen molar-refractivity contribution in [1.29, 1.82) is 0 Å². The van der Waals surface area contributed by atoms with E-state index >= 15 is 0 Å². The summed E-state index contributed by atoms with van der Waals surface area (Å²) in [5, 5.41) is 9.28. The maximum Gasteiger partial charge on any atom is 0.0545 e. The number of rotatable bonds is 0. The van der Waals surface area contributed by atoms with Crippen molar-refractivity contribution in [2.24, 2.45) is 5.41 Å². The Hall–Kier alpha value is -0.0400. The highest BCUT2D eigenvalue weighted by Gasteiger charge is 2.45. The summed E-state index contributed by atoms with van der Waals surface area (Å²) in [7, 11) is 0. The first kappa shape index (κ1) is 5.72. The first-order valence-electron chi connectivity index (χ1n) is 3.99. The van der Waals surface area contributed by atoms with Gasteiger partial charge in [-0.1, -0.05) is 6.42 Å². The zero-order chi connectivity index (χ0) is 6.32. The van der Waals surface area contributed by atoms with E-state index in [2.05, 4.69) is 0 Å². The van der Waals surface area contributed by atoms with Gasteiger partial charge in [-0.05, 0) is 37.5 Å². The van der Waals surface area contributed by atoms with Crippen molar-refractivity contribution in [3.05, 3.63) is 0 Å². The predicted octanol–water partition coefficient (Wildman–Crippen LogP) is 1.70. The average Bonchev–Trinajstić information content (AvgIpc) is 2.49. The van der Waals surface area contributed by atoms with E-state index in [4.69, 9.17) is 0 Å². The maximum atomic E-state index is 9.28. The zero-order valence-electron chi connectivity index (χ0n) is 5.77. The lowest BCUT2D eigenvalue weighted by Crippen LogP contribution is -2.19. The number of aliphatic hydroxyl groups is 1. The van der Waals surface area contributed by atoms with Crippen molar-refractivity contribution >= 4 is 0 Å². The molecule has 52 valence electrons. The van der Waals surface area contributed by atoms with E-state index in [1.54, 1.807) is 0 Å². The molecule has 0 radical (unpaired) electrons. The highest BCUT2D eigenvalue weighted by Crippen LogP contribution is 2.55. The summed E-state index contributed by atoms with van der Waals surface area (Å²) in [5.74, 6) is 0. The van der Waals surface area contributed by atoms with E-state index in [-0.39, 0.29) is 6.10 Å². The van der Waals surface area contributed by atoms with Crippen molar-refractivity contribution in [1.82, 2.24) is 0 Å². The van der Waals surface area contributed by atoms with E-state index in [0.717, 1.165) is 12.8 Å². The molecule has 0 bridgehead atoms. The van der Waals surface area contributed by atoms with Crippen molar-refractivity contribution in [2.45, 2.75) is 44.6 Å². The summed E-state index contributed by atoms with van der Waals surface area (Å²) >= 11 is 0. The summed E-state index contributed by atoms with van der Waals surface area (Å²) in [4.78, 5) is 0. The van der Waals surface area contributed by atoms with Gasteiger partial charge >= 0.3 is 0 Å². The summed E-state index contributed by atoms with van der Waals surface area (Å²) < 4.78 is 0. The average molecular weight is 126 g/mol. The third-order valence-electron chi connectivity index (χ3n) is 2.87. The van der Waals surface area contributed by atoms with E-state index in [1.807, 2.05) is 0 Å². The fraction of sp³-hybridized carbons (Fsp3) is 1.00. The normalized spacial score (nSPS) is 39.0. The highest BCUT2D eigenvalue weighted by atomic mass is 16.3. The molecule has 1 spiro atoms. The second-order valence-corrected chi connectivity index (χ2v) is 3.75. The van der Waals surface area contributed by atoms with Crippen LogP contribution in [0.4, 0.5) is 0 Å². The molecule has 0 aromatic carbocycles. The van der Waals surface area contributed by atoms with Crippen LogP contribution in [0.15, 0.2) is 0 Å². The second kappa shape index (κ2) is 1.72. The lowest BCUT2D eigenvalue weighted by molar-refractivity contribution is 0.0928. The summed E-state index contributed by atoms with van der Waals surface area (Å²) in [6.45, 7) is 0. The monoisotopic (exact) mass is 126 g/mol. The van der Waals surface area contributed by atoms with E-state index in [1.165, 1.54) is 25.7 Å². The molecule has 2 aliphatic rings. The molecule has 0 amide bonds. The minimum atomic E-state index is 0.0428. The molecule has 9 heavy (non-hydrogen) atoms. The molecule has 0 heterocycles. The molecule has 0 aromatic rings. The Bertz CT molecular complexity index is 116. The largest absolute Gasteiger partial charge is 0.393 e. The number of hydrogen-bond acceptors (Lipinski definition) is 1. The van der Waals surface area contributed by atoms with Crippen LogP contribution in [0.1, 0.15) is 38.5 Å². The first-order chi connectivity index (χ1) is 4.31. The van der Waals surface area contributed by atoms with Gasteiger partial charge in [-0.15, -0.1) is 0 Å². The standard InChI is InChI=1S/C8H14O/c9-7-2-1-3-8(6-7)4-5-8/h7,9H,1-6H2/t7-/m1/s1. The molecule has 0 unspecified atom stereocenters. The predicted molar refractivity (Wildman–Crippen MR) is 36.1 cm³/mol. The minimum absolute atomic E-state index is 0.0428. The molecule has 0 aliphatic heterocycles. The van der Waals surface area contributed by atoms with Gasteiger partial charge in [-0.25, -0.2) is 0 Å². The van der Waals surface area contributed by atoms with Gasteiger partial charge in [0.05, 0.1) is 6.10 Å². The Morgan fingerprint density at radius 3 is 2.44 bits per heavy atom. The summed E-state index contributed by atoms with van der Waals surface area (Å²) in [6, 6.07) is 0. The Balaban J connectivity index is 1.96. The van der Waals surface area contributed by atoms with Gasteiger partial charge in [-0.3, -0.25) is 0 Å².